The maximum atomic E-state index is 13.3. The van der Waals surface area contributed by atoms with E-state index in [0.717, 1.165) is 41.8 Å². The molecular formula is C23H27NO4. The van der Waals surface area contributed by atoms with Crippen LogP contribution < -0.4 is 9.64 Å². The lowest BCUT2D eigenvalue weighted by Gasteiger charge is -2.22. The second-order valence-electron chi connectivity index (χ2n) is 7.24. The van der Waals surface area contributed by atoms with Crippen molar-refractivity contribution in [2.24, 2.45) is 0 Å². The van der Waals surface area contributed by atoms with Crippen LogP contribution in [0.5, 0.6) is 5.75 Å². The molecule has 2 aromatic carbocycles. The van der Waals surface area contributed by atoms with E-state index in [0.29, 0.717) is 26.4 Å². The van der Waals surface area contributed by atoms with E-state index in [9.17, 15) is 4.79 Å². The van der Waals surface area contributed by atoms with Crippen LogP contribution in [0.25, 0.3) is 0 Å². The predicted molar refractivity (Wildman–Crippen MR) is 107 cm³/mol. The number of hydrogen-bond donors (Lipinski definition) is 0. The van der Waals surface area contributed by atoms with Crippen LogP contribution in [0.3, 0.4) is 0 Å². The van der Waals surface area contributed by atoms with Gasteiger partial charge in [-0.15, -0.1) is 0 Å². The van der Waals surface area contributed by atoms with Crippen molar-refractivity contribution in [3.8, 4) is 5.75 Å². The third-order valence-corrected chi connectivity index (χ3v) is 5.32. The second-order valence-corrected chi connectivity index (χ2v) is 7.24. The van der Waals surface area contributed by atoms with Crippen molar-refractivity contribution in [1.29, 1.82) is 0 Å². The van der Waals surface area contributed by atoms with Crippen molar-refractivity contribution in [3.63, 3.8) is 0 Å². The van der Waals surface area contributed by atoms with Gasteiger partial charge in [0.05, 0.1) is 32.1 Å². The SMILES string of the molecule is CCCCc1ccc2c(c1)C1(OCCO1)C(=O)N2Cc1ccc(OCC)cc1. The molecule has 0 N–H and O–H groups in total. The number of fused-ring (bicyclic) bond motifs is 2. The van der Waals surface area contributed by atoms with Crippen molar-refractivity contribution < 1.29 is 19.0 Å². The zero-order valence-electron chi connectivity index (χ0n) is 16.6. The number of aryl methyl sites for hydroxylation is 1. The molecule has 28 heavy (non-hydrogen) atoms. The summed E-state index contributed by atoms with van der Waals surface area (Å²) in [6.45, 7) is 6.11. The summed E-state index contributed by atoms with van der Waals surface area (Å²) in [5.41, 5.74) is 3.97. The van der Waals surface area contributed by atoms with Crippen LogP contribution in [-0.4, -0.2) is 25.7 Å². The number of carbonyl (C=O) groups is 1. The van der Waals surface area contributed by atoms with Gasteiger partial charge in [0.25, 0.3) is 11.7 Å². The van der Waals surface area contributed by atoms with Crippen molar-refractivity contribution in [1.82, 2.24) is 0 Å². The van der Waals surface area contributed by atoms with Crippen molar-refractivity contribution in [3.05, 3.63) is 59.2 Å². The number of nitrogens with zero attached hydrogens (tertiary/aromatic N) is 1. The molecule has 1 saturated heterocycles. The van der Waals surface area contributed by atoms with Crippen molar-refractivity contribution >= 4 is 11.6 Å². The van der Waals surface area contributed by atoms with E-state index in [-0.39, 0.29) is 5.91 Å². The Balaban J connectivity index is 1.65. The molecular weight excluding hydrogens is 354 g/mol. The average molecular weight is 381 g/mol. The zero-order valence-corrected chi connectivity index (χ0v) is 16.6. The largest absolute Gasteiger partial charge is 0.494 e. The fourth-order valence-corrected chi connectivity index (χ4v) is 3.91. The molecule has 0 saturated carbocycles. The van der Waals surface area contributed by atoms with Gasteiger partial charge in [-0.05, 0) is 55.2 Å². The Morgan fingerprint density at radius 1 is 1.04 bits per heavy atom. The molecule has 0 aliphatic carbocycles. The summed E-state index contributed by atoms with van der Waals surface area (Å²) < 4.78 is 17.3. The van der Waals surface area contributed by atoms with Crippen LogP contribution in [0.1, 0.15) is 43.4 Å². The van der Waals surface area contributed by atoms with Crippen LogP contribution in [0.4, 0.5) is 5.69 Å². The summed E-state index contributed by atoms with van der Waals surface area (Å²) in [5, 5.41) is 0. The van der Waals surface area contributed by atoms with Gasteiger partial charge in [-0.2, -0.15) is 0 Å². The summed E-state index contributed by atoms with van der Waals surface area (Å²) in [7, 11) is 0. The van der Waals surface area contributed by atoms with Gasteiger partial charge in [-0.3, -0.25) is 4.79 Å². The first-order valence-electron chi connectivity index (χ1n) is 10.1. The highest BCUT2D eigenvalue weighted by Gasteiger charge is 2.56. The number of amides is 1. The molecule has 2 aliphatic heterocycles. The normalized spacial score (nSPS) is 17.4. The van der Waals surface area contributed by atoms with Gasteiger partial charge >= 0.3 is 0 Å². The quantitative estimate of drug-likeness (QED) is 0.722. The number of hydrogen-bond acceptors (Lipinski definition) is 4. The smallest absolute Gasteiger partial charge is 0.292 e. The number of ether oxygens (including phenoxy) is 3. The Morgan fingerprint density at radius 3 is 2.43 bits per heavy atom. The van der Waals surface area contributed by atoms with Crippen LogP contribution in [0.2, 0.25) is 0 Å². The monoisotopic (exact) mass is 381 g/mol. The second kappa shape index (κ2) is 7.94. The third-order valence-electron chi connectivity index (χ3n) is 5.32. The molecule has 2 heterocycles. The van der Waals surface area contributed by atoms with Crippen molar-refractivity contribution in [2.75, 3.05) is 24.7 Å². The molecule has 5 nitrogen and oxygen atoms in total. The number of carbonyl (C=O) groups excluding carboxylic acids is 1. The van der Waals surface area contributed by atoms with E-state index in [1.165, 1.54) is 5.56 Å². The molecule has 2 aliphatic rings. The lowest BCUT2D eigenvalue weighted by atomic mass is 10.0. The minimum Gasteiger partial charge on any atom is -0.494 e. The number of rotatable bonds is 7. The fraction of sp³-hybridized carbons (Fsp3) is 0.435. The Labute approximate surface area is 166 Å². The van der Waals surface area contributed by atoms with Gasteiger partial charge in [0.1, 0.15) is 5.75 Å². The van der Waals surface area contributed by atoms with Gasteiger partial charge in [0.15, 0.2) is 0 Å². The van der Waals surface area contributed by atoms with Crippen LogP contribution in [-0.2, 0) is 33.0 Å². The highest BCUT2D eigenvalue weighted by atomic mass is 16.7. The third kappa shape index (κ3) is 3.29. The molecule has 0 bridgehead atoms. The van der Waals surface area contributed by atoms with Crippen molar-refractivity contribution in [2.45, 2.75) is 45.4 Å². The lowest BCUT2D eigenvalue weighted by molar-refractivity contribution is -0.180. The molecule has 0 unspecified atom stereocenters. The standard InChI is InChI=1S/C23H27NO4/c1-3-5-6-17-9-12-21-20(15-17)23(27-13-14-28-23)22(25)24(21)16-18-7-10-19(11-8-18)26-4-2/h7-12,15H,3-6,13-14,16H2,1-2H3. The number of anilines is 1. The van der Waals surface area contributed by atoms with E-state index in [1.807, 2.05) is 37.3 Å². The number of unbranched alkanes of at least 4 members (excludes halogenated alkanes) is 1. The van der Waals surface area contributed by atoms with E-state index in [2.05, 4.69) is 19.1 Å². The molecule has 148 valence electrons. The summed E-state index contributed by atoms with van der Waals surface area (Å²) in [6.07, 6.45) is 3.25. The maximum absolute atomic E-state index is 13.3. The summed E-state index contributed by atoms with van der Waals surface area (Å²) in [6, 6.07) is 14.1. The summed E-state index contributed by atoms with van der Waals surface area (Å²) >= 11 is 0. The minimum atomic E-state index is -1.27. The highest BCUT2D eigenvalue weighted by molar-refractivity contribution is 6.06. The number of benzene rings is 2. The molecule has 1 spiro atoms. The van der Waals surface area contributed by atoms with E-state index in [1.54, 1.807) is 4.90 Å². The first-order chi connectivity index (χ1) is 13.7. The molecule has 0 aromatic heterocycles. The van der Waals surface area contributed by atoms with E-state index < -0.39 is 5.79 Å². The topological polar surface area (TPSA) is 48.0 Å². The molecule has 1 fully saturated rings. The fourth-order valence-electron chi connectivity index (χ4n) is 3.91. The Hall–Kier alpha value is -2.37. The molecule has 0 atom stereocenters. The van der Waals surface area contributed by atoms with Gasteiger partial charge in [-0.1, -0.05) is 31.5 Å². The predicted octanol–water partition coefficient (Wildman–Crippen LogP) is 4.17. The first-order valence-corrected chi connectivity index (χ1v) is 10.1. The summed E-state index contributed by atoms with van der Waals surface area (Å²) in [5.74, 6) is -0.580. The Bertz CT molecular complexity index is 840. The Morgan fingerprint density at radius 2 is 1.75 bits per heavy atom. The minimum absolute atomic E-state index is 0.137. The Kier molecular flexibility index (Phi) is 5.38. The van der Waals surface area contributed by atoms with Crippen LogP contribution >= 0.6 is 0 Å². The first kappa shape index (κ1) is 19.0. The van der Waals surface area contributed by atoms with Crippen LogP contribution in [0.15, 0.2) is 42.5 Å². The van der Waals surface area contributed by atoms with E-state index in [4.69, 9.17) is 14.2 Å². The summed E-state index contributed by atoms with van der Waals surface area (Å²) in [4.78, 5) is 15.1. The van der Waals surface area contributed by atoms with Gasteiger partial charge in [-0.25, -0.2) is 0 Å². The highest BCUT2D eigenvalue weighted by Crippen LogP contribution is 2.46. The average Bonchev–Trinajstić information content (AvgIpc) is 3.29. The molecule has 5 heteroatoms. The molecule has 2 aromatic rings. The lowest BCUT2D eigenvalue weighted by Crippen LogP contribution is -2.40. The van der Waals surface area contributed by atoms with Gasteiger partial charge in [0.2, 0.25) is 0 Å². The molecule has 4 rings (SSSR count). The van der Waals surface area contributed by atoms with E-state index >= 15 is 0 Å². The molecule has 0 radical (unpaired) electrons. The van der Waals surface area contributed by atoms with Gasteiger partial charge < -0.3 is 19.1 Å². The van der Waals surface area contributed by atoms with Gasteiger partial charge in [0, 0.05) is 5.56 Å². The van der Waals surface area contributed by atoms with Crippen LogP contribution in [0, 0.1) is 0 Å². The molecule has 1 amide bonds. The maximum Gasteiger partial charge on any atom is 0.292 e. The zero-order chi connectivity index (χ0) is 19.6.